The van der Waals surface area contributed by atoms with Gasteiger partial charge in [0.15, 0.2) is 23.2 Å². The number of nitrogen functional groups attached to an aromatic ring is 1. The monoisotopic (exact) mass is 463 g/mol. The third kappa shape index (κ3) is 3.68. The van der Waals surface area contributed by atoms with Crippen molar-refractivity contribution in [1.82, 2.24) is 19.5 Å². The highest BCUT2D eigenvalue weighted by Gasteiger charge is 2.45. The highest BCUT2D eigenvalue weighted by molar-refractivity contribution is 9.10. The fraction of sp³-hybridized carbons (Fsp3) is 0.294. The number of nitrogens with two attached hydrogens (primary N) is 1. The lowest BCUT2D eigenvalue weighted by molar-refractivity contribution is -0.0501. The molecule has 0 aliphatic carbocycles. The van der Waals surface area contributed by atoms with Crippen molar-refractivity contribution in [2.24, 2.45) is 5.10 Å². The Labute approximate surface area is 173 Å². The van der Waals surface area contributed by atoms with E-state index >= 15 is 0 Å². The maximum Gasteiger partial charge on any atom is 0.228 e. The predicted molar refractivity (Wildman–Crippen MR) is 108 cm³/mol. The fourth-order valence-electron chi connectivity index (χ4n) is 3.05. The molecule has 1 fully saturated rings. The van der Waals surface area contributed by atoms with Gasteiger partial charge in [-0.05, 0) is 17.7 Å². The molecule has 29 heavy (non-hydrogen) atoms. The maximum atomic E-state index is 10.4. The third-order valence-electron chi connectivity index (χ3n) is 4.53. The van der Waals surface area contributed by atoms with Crippen LogP contribution in [0, 0.1) is 0 Å². The van der Waals surface area contributed by atoms with Gasteiger partial charge < -0.3 is 25.8 Å². The summed E-state index contributed by atoms with van der Waals surface area (Å²) in [5, 5.41) is 34.1. The molecule has 6 N–H and O–H groups in total. The summed E-state index contributed by atoms with van der Waals surface area (Å²) < 4.78 is 7.99. The highest BCUT2D eigenvalue weighted by Crippen LogP contribution is 2.35. The standard InChI is InChI=1S/C17H18BrN7O4/c18-9-3-1-8(2-4-9)5-22-24-17-23-11-14(19)20-7-21-15(11)25(17)16-13(28)12(27)10(6-26)29-16/h1-5,7,10,12-13,16,26-28H,6H2,(H,23,24)(H2,19,20,21)/b22-5-/t10-,12+,13-,16+/m0/s1. The summed E-state index contributed by atoms with van der Waals surface area (Å²) in [4.78, 5) is 12.4. The Balaban J connectivity index is 1.71. The van der Waals surface area contributed by atoms with Gasteiger partial charge in [-0.2, -0.15) is 5.10 Å². The molecule has 11 nitrogen and oxygen atoms in total. The quantitative estimate of drug-likeness (QED) is 0.263. The molecule has 152 valence electrons. The van der Waals surface area contributed by atoms with Gasteiger partial charge in [0.2, 0.25) is 5.95 Å². The summed E-state index contributed by atoms with van der Waals surface area (Å²) in [5.41, 5.74) is 10.1. The Bertz CT molecular complexity index is 1040. The van der Waals surface area contributed by atoms with E-state index in [2.05, 4.69) is 41.4 Å². The molecule has 1 aliphatic rings. The van der Waals surface area contributed by atoms with Crippen LogP contribution in [0.15, 0.2) is 40.2 Å². The molecule has 12 heteroatoms. The number of fused-ring (bicyclic) bond motifs is 1. The normalized spacial score (nSPS) is 24.6. The summed E-state index contributed by atoms with van der Waals surface area (Å²) in [6.07, 6.45) is -1.77. The number of ether oxygens (including phenoxy) is 1. The number of hydrazone groups is 1. The zero-order chi connectivity index (χ0) is 20.5. The zero-order valence-corrected chi connectivity index (χ0v) is 16.5. The third-order valence-corrected chi connectivity index (χ3v) is 5.05. The van der Waals surface area contributed by atoms with E-state index in [-0.39, 0.29) is 22.9 Å². The first kappa shape index (κ1) is 19.7. The molecule has 0 saturated carbocycles. The molecular weight excluding hydrogens is 446 g/mol. The second-order valence-corrected chi connectivity index (χ2v) is 7.30. The minimum Gasteiger partial charge on any atom is -0.394 e. The predicted octanol–water partition coefficient (Wildman–Crippen LogP) is 0.228. The first-order valence-corrected chi connectivity index (χ1v) is 9.44. The summed E-state index contributed by atoms with van der Waals surface area (Å²) in [6.45, 7) is -0.455. The van der Waals surface area contributed by atoms with Crippen LogP contribution >= 0.6 is 15.9 Å². The number of aromatic nitrogens is 4. The van der Waals surface area contributed by atoms with E-state index in [1.807, 2.05) is 24.3 Å². The van der Waals surface area contributed by atoms with Crippen molar-refractivity contribution in [3.63, 3.8) is 0 Å². The lowest BCUT2D eigenvalue weighted by Crippen LogP contribution is -2.33. The molecule has 3 aromatic rings. The molecule has 4 rings (SSSR count). The number of anilines is 2. The van der Waals surface area contributed by atoms with Crippen molar-refractivity contribution in [2.75, 3.05) is 17.8 Å². The second kappa shape index (κ2) is 8.00. The van der Waals surface area contributed by atoms with E-state index in [4.69, 9.17) is 10.5 Å². The maximum absolute atomic E-state index is 10.4. The van der Waals surface area contributed by atoms with Crippen molar-refractivity contribution in [3.8, 4) is 0 Å². The van der Waals surface area contributed by atoms with Crippen LogP contribution < -0.4 is 11.2 Å². The number of nitrogens with one attached hydrogen (secondary N) is 1. The number of hydrogen-bond acceptors (Lipinski definition) is 10. The molecule has 3 heterocycles. The average molecular weight is 464 g/mol. The molecule has 1 aliphatic heterocycles. The minimum absolute atomic E-state index is 0.139. The molecule has 0 spiro atoms. The van der Waals surface area contributed by atoms with Crippen LogP contribution in [0.4, 0.5) is 11.8 Å². The Morgan fingerprint density at radius 3 is 2.69 bits per heavy atom. The Hall–Kier alpha value is -2.64. The largest absolute Gasteiger partial charge is 0.394 e. The van der Waals surface area contributed by atoms with Crippen LogP contribution in [0.5, 0.6) is 0 Å². The van der Waals surface area contributed by atoms with Gasteiger partial charge in [0.05, 0.1) is 12.8 Å². The van der Waals surface area contributed by atoms with Gasteiger partial charge in [0.25, 0.3) is 0 Å². The van der Waals surface area contributed by atoms with E-state index in [1.54, 1.807) is 6.21 Å². The zero-order valence-electron chi connectivity index (χ0n) is 14.9. The molecular formula is C17H18BrN7O4. The SMILES string of the molecule is Nc1ncnc2c1nc(N/N=C\c1ccc(Br)cc1)n2[C@@H]1O[C@@H](CO)[C@@H](O)[C@@H]1O. The van der Waals surface area contributed by atoms with Gasteiger partial charge in [-0.1, -0.05) is 28.1 Å². The first-order chi connectivity index (χ1) is 14.0. The molecule has 0 radical (unpaired) electrons. The van der Waals surface area contributed by atoms with E-state index in [1.165, 1.54) is 10.9 Å². The Kier molecular flexibility index (Phi) is 5.43. The first-order valence-electron chi connectivity index (χ1n) is 8.65. The number of nitrogens with zero attached hydrogens (tertiary/aromatic N) is 5. The number of halogens is 1. The van der Waals surface area contributed by atoms with E-state index < -0.39 is 31.1 Å². The molecule has 0 amide bonds. The lowest BCUT2D eigenvalue weighted by Gasteiger charge is -2.18. The van der Waals surface area contributed by atoms with Crippen molar-refractivity contribution in [3.05, 3.63) is 40.6 Å². The van der Waals surface area contributed by atoms with Gasteiger partial charge in [-0.15, -0.1) is 0 Å². The summed E-state index contributed by atoms with van der Waals surface area (Å²) in [7, 11) is 0. The van der Waals surface area contributed by atoms with E-state index in [0.717, 1.165) is 10.0 Å². The summed E-state index contributed by atoms with van der Waals surface area (Å²) in [6, 6.07) is 7.50. The Morgan fingerprint density at radius 2 is 2.00 bits per heavy atom. The van der Waals surface area contributed by atoms with Crippen molar-refractivity contribution < 1.29 is 20.1 Å². The highest BCUT2D eigenvalue weighted by atomic mass is 79.9. The average Bonchev–Trinajstić information content (AvgIpc) is 3.22. The van der Waals surface area contributed by atoms with Gasteiger partial charge >= 0.3 is 0 Å². The van der Waals surface area contributed by atoms with Crippen molar-refractivity contribution in [1.29, 1.82) is 0 Å². The lowest BCUT2D eigenvalue weighted by atomic mass is 10.1. The topological polar surface area (TPSA) is 164 Å². The number of rotatable bonds is 5. The van der Waals surface area contributed by atoms with Crippen LogP contribution in [0.3, 0.4) is 0 Å². The number of imidazole rings is 1. The van der Waals surface area contributed by atoms with Crippen molar-refractivity contribution >= 4 is 45.1 Å². The summed E-state index contributed by atoms with van der Waals surface area (Å²) >= 11 is 3.37. The van der Waals surface area contributed by atoms with Crippen LogP contribution in [0.2, 0.25) is 0 Å². The van der Waals surface area contributed by atoms with Crippen molar-refractivity contribution in [2.45, 2.75) is 24.5 Å². The molecule has 4 atom stereocenters. The van der Waals surface area contributed by atoms with Gasteiger partial charge in [-0.3, -0.25) is 4.57 Å². The fourth-order valence-corrected chi connectivity index (χ4v) is 3.32. The molecule has 0 unspecified atom stereocenters. The number of aliphatic hydroxyl groups excluding tert-OH is 3. The second-order valence-electron chi connectivity index (χ2n) is 6.39. The molecule has 1 saturated heterocycles. The van der Waals surface area contributed by atoms with E-state index in [0.29, 0.717) is 0 Å². The van der Waals surface area contributed by atoms with Crippen LogP contribution in [0.25, 0.3) is 11.2 Å². The molecule has 0 bridgehead atoms. The van der Waals surface area contributed by atoms with Gasteiger partial charge in [-0.25, -0.2) is 20.4 Å². The smallest absolute Gasteiger partial charge is 0.228 e. The number of hydrogen-bond donors (Lipinski definition) is 5. The molecule has 2 aromatic heterocycles. The van der Waals surface area contributed by atoms with Gasteiger partial charge in [0, 0.05) is 4.47 Å². The number of benzene rings is 1. The number of aliphatic hydroxyl groups is 3. The van der Waals surface area contributed by atoms with Crippen LogP contribution in [-0.2, 0) is 4.74 Å². The van der Waals surface area contributed by atoms with Gasteiger partial charge in [0.1, 0.15) is 24.6 Å². The van der Waals surface area contributed by atoms with Crippen LogP contribution in [-0.4, -0.2) is 66.0 Å². The van der Waals surface area contributed by atoms with E-state index in [9.17, 15) is 15.3 Å². The minimum atomic E-state index is -1.32. The summed E-state index contributed by atoms with van der Waals surface area (Å²) in [5.74, 6) is 0.316. The van der Waals surface area contributed by atoms with Crippen LogP contribution in [0.1, 0.15) is 11.8 Å². The molecule has 1 aromatic carbocycles. The Morgan fingerprint density at radius 1 is 1.24 bits per heavy atom.